The summed E-state index contributed by atoms with van der Waals surface area (Å²) in [5.74, 6) is 0.775. The third kappa shape index (κ3) is 9.14. The monoisotopic (exact) mass is 1020 g/mol. The molecule has 0 aliphatic rings. The molecule has 0 unspecified atom stereocenters. The first-order valence-electron chi connectivity index (χ1n) is 22.1. The molecule has 0 saturated heterocycles. The number of aryl methyl sites for hydroxylation is 1. The van der Waals surface area contributed by atoms with Crippen LogP contribution >= 0.6 is 0 Å². The molecule has 4 aromatic heterocycles. The van der Waals surface area contributed by atoms with E-state index in [0.717, 1.165) is 88.9 Å². The number of benzene rings is 6. The molecule has 6 aromatic carbocycles. The van der Waals surface area contributed by atoms with Crippen LogP contribution in [-0.2, 0) is 26.5 Å². The zero-order valence-corrected chi connectivity index (χ0v) is 40.0. The van der Waals surface area contributed by atoms with E-state index in [2.05, 4.69) is 143 Å². The van der Waals surface area contributed by atoms with Crippen LogP contribution in [0.25, 0.3) is 83.7 Å². The number of hydrogen-bond donors (Lipinski definition) is 0. The van der Waals surface area contributed by atoms with Gasteiger partial charge in [-0.1, -0.05) is 142 Å². The van der Waals surface area contributed by atoms with Gasteiger partial charge in [-0.2, -0.15) is 0 Å². The van der Waals surface area contributed by atoms with Crippen molar-refractivity contribution < 1.29 is 27.3 Å². The van der Waals surface area contributed by atoms with Gasteiger partial charge in [0.15, 0.2) is 0 Å². The van der Waals surface area contributed by atoms with Crippen LogP contribution in [0.15, 0.2) is 168 Å². The van der Waals surface area contributed by atoms with Gasteiger partial charge < -0.3 is 14.0 Å². The fraction of sp³-hybridized carbons (Fsp3) is 0.161. The number of hydrogen-bond acceptors (Lipinski definition) is 4. The van der Waals surface area contributed by atoms with Crippen LogP contribution in [0.4, 0.5) is 0 Å². The third-order valence-corrected chi connectivity index (χ3v) is 12.9. The fourth-order valence-electron chi connectivity index (χ4n) is 7.97. The molecule has 63 heavy (non-hydrogen) atoms. The van der Waals surface area contributed by atoms with Crippen LogP contribution in [-0.4, -0.2) is 27.6 Å². The first-order valence-corrected chi connectivity index (χ1v) is 24.6. The molecule has 0 spiro atoms. The van der Waals surface area contributed by atoms with Gasteiger partial charge >= 0.3 is 0 Å². The van der Waals surface area contributed by atoms with Crippen molar-refractivity contribution in [3.05, 3.63) is 187 Å². The Hall–Kier alpha value is -6.24. The van der Waals surface area contributed by atoms with E-state index in [-0.39, 0.29) is 20.1 Å². The number of aromatic nitrogens is 4. The number of pyridine rings is 2. The molecule has 0 atom stereocenters. The Balaban J connectivity index is 0.000000206. The largest absolute Gasteiger partial charge is 0.486 e. The normalized spacial score (nSPS) is 12.4. The molecule has 0 bridgehead atoms. The molecule has 315 valence electrons. The molecule has 0 aliphatic heterocycles. The number of nitrogens with zero attached hydrogens (tertiary/aromatic N) is 4. The van der Waals surface area contributed by atoms with Crippen LogP contribution in [0.5, 0.6) is 0 Å². The van der Waals surface area contributed by atoms with Crippen molar-refractivity contribution in [3.8, 4) is 50.6 Å². The molecule has 4 heterocycles. The van der Waals surface area contributed by atoms with Gasteiger partial charge in [-0.05, 0) is 82.7 Å². The molecule has 10 rings (SSSR count). The van der Waals surface area contributed by atoms with Crippen molar-refractivity contribution in [2.24, 2.45) is 5.41 Å². The van der Waals surface area contributed by atoms with E-state index in [1.165, 1.54) is 5.56 Å². The van der Waals surface area contributed by atoms with E-state index >= 15 is 0 Å². The van der Waals surface area contributed by atoms with Crippen molar-refractivity contribution in [3.63, 3.8) is 0 Å². The van der Waals surface area contributed by atoms with E-state index < -0.39 is 19.9 Å². The molecule has 5 nitrogen and oxygen atoms in total. The first kappa shape index (κ1) is 40.8. The van der Waals surface area contributed by atoms with Crippen molar-refractivity contribution in [1.29, 1.82) is 0 Å². The average molecular weight is 1020 g/mol. The summed E-state index contributed by atoms with van der Waals surface area (Å²) < 4.78 is 26.1. The zero-order valence-electron chi connectivity index (χ0n) is 38.6. The minimum atomic E-state index is -1.70. The van der Waals surface area contributed by atoms with Crippen LogP contribution in [0, 0.1) is 24.5 Å². The summed E-state index contributed by atoms with van der Waals surface area (Å²) in [6, 6.07) is 60.3. The summed E-state index contributed by atoms with van der Waals surface area (Å²) >= 11 is 0. The first-order chi connectivity index (χ1) is 30.7. The second-order valence-corrected chi connectivity index (χ2v) is 22.8. The zero-order chi connectivity index (χ0) is 44.8. The summed E-state index contributed by atoms with van der Waals surface area (Å²) in [5.41, 5.74) is 12.6. The van der Waals surface area contributed by atoms with Gasteiger partial charge in [0.2, 0.25) is 5.71 Å². The fourth-order valence-corrected chi connectivity index (χ4v) is 9.36. The Kier molecular flexibility index (Phi) is 11.6. The minimum Gasteiger partial charge on any atom is -0.486 e. The summed E-state index contributed by atoms with van der Waals surface area (Å²) in [6.07, 6.45) is 0.469. The number of fused-ring (bicyclic) bond motifs is 4. The molecule has 0 fully saturated rings. The van der Waals surface area contributed by atoms with Crippen molar-refractivity contribution in [2.75, 3.05) is 0 Å². The molecule has 0 amide bonds. The Bertz CT molecular complexity index is 3280. The maximum absolute atomic E-state index is 8.75. The number of para-hydroxylation sites is 2. The van der Waals surface area contributed by atoms with E-state index in [1.54, 1.807) is 0 Å². The van der Waals surface area contributed by atoms with Crippen LogP contribution in [0.3, 0.4) is 0 Å². The second-order valence-electron chi connectivity index (χ2n) is 17.7. The van der Waals surface area contributed by atoms with Crippen molar-refractivity contribution >= 4 is 46.4 Å². The Labute approximate surface area is 388 Å². The maximum atomic E-state index is 8.75. The number of furan rings is 1. The van der Waals surface area contributed by atoms with Gasteiger partial charge in [0.25, 0.3) is 0 Å². The molecule has 1 radical (unpaired) electrons. The van der Waals surface area contributed by atoms with E-state index in [4.69, 9.17) is 12.1 Å². The molecule has 0 N–H and O–H groups in total. The summed E-state index contributed by atoms with van der Waals surface area (Å²) in [5, 5.41) is 3.08. The summed E-state index contributed by atoms with van der Waals surface area (Å²) in [7, 11) is -1.70. The summed E-state index contributed by atoms with van der Waals surface area (Å²) in [4.78, 5) is 14.4. The van der Waals surface area contributed by atoms with E-state index in [0.29, 0.717) is 5.71 Å². The smallest absolute Gasteiger partial charge is 0.216 e. The maximum Gasteiger partial charge on any atom is 0.216 e. The van der Waals surface area contributed by atoms with Gasteiger partial charge in [-0.25, -0.2) is 4.98 Å². The average Bonchev–Trinajstić information content (AvgIpc) is 3.87. The third-order valence-electron chi connectivity index (χ3n) is 10.9. The van der Waals surface area contributed by atoms with Crippen molar-refractivity contribution in [1.82, 2.24) is 19.5 Å². The van der Waals surface area contributed by atoms with Gasteiger partial charge in [-0.3, -0.25) is 4.98 Å². The number of imidazole rings is 1. The minimum absolute atomic E-state index is 0. The molecule has 10 aromatic rings. The van der Waals surface area contributed by atoms with E-state index in [9.17, 15) is 0 Å². The molecular formula is C56H50IrN4OSi-2. The summed E-state index contributed by atoms with van der Waals surface area (Å²) in [6.45, 7) is 14.5. The molecule has 7 heteroatoms. The topological polar surface area (TPSA) is 56.7 Å². The molecule has 0 aliphatic carbocycles. The Morgan fingerprint density at radius 2 is 1.41 bits per heavy atom. The van der Waals surface area contributed by atoms with E-state index in [1.807, 2.05) is 94.6 Å². The second kappa shape index (κ2) is 17.9. The molecule has 0 saturated carbocycles. The predicted molar refractivity (Wildman–Crippen MR) is 261 cm³/mol. The van der Waals surface area contributed by atoms with Crippen molar-refractivity contribution in [2.45, 2.75) is 53.7 Å². The van der Waals surface area contributed by atoms with Gasteiger partial charge in [0.1, 0.15) is 0 Å². The SMILES string of the molecule is Cc1ccc2c(n1)oc1c(-c3nc4ccccc4n3-c3ccc(-c4ccccc4)cc3-c3ccccc3)[c-]ccc12.[2H]C([2H])(c1cc(-c2[c-]cccc2)ncc1[Si](C)(C)C)C(C)(C)C.[Ir]. The number of rotatable bonds is 7. The predicted octanol–water partition coefficient (Wildman–Crippen LogP) is 14.1. The Morgan fingerprint density at radius 3 is 2.13 bits per heavy atom. The van der Waals surface area contributed by atoms with Crippen LogP contribution in [0.1, 0.15) is 34.8 Å². The van der Waals surface area contributed by atoms with Gasteiger partial charge in [0, 0.05) is 51.4 Å². The molecular weight excluding hydrogens is 965 g/mol. The van der Waals surface area contributed by atoms with Crippen LogP contribution < -0.4 is 5.19 Å². The standard InChI is InChI=1S/C37H24N3O.C19H26NSi.Ir/c1-24-19-21-29-28-15-10-16-30(35(28)41-37(29)38-24)36-39-32-17-8-9-18-34(32)40(36)33-22-20-27(25-11-4-2-5-12-25)23-31(33)26-13-6-3-7-14-26;1-19(2,3)13-16-12-17(15-10-8-7-9-11-15)20-14-18(16)21(4,5)6;/h2-15,17-23H,1H3;7-10,12,14H,13H2,1-6H3;/q2*-1;/i;13D2;. The van der Waals surface area contributed by atoms with Crippen LogP contribution in [0.2, 0.25) is 19.6 Å². The van der Waals surface area contributed by atoms with Gasteiger partial charge in [-0.15, -0.1) is 54.1 Å². The van der Waals surface area contributed by atoms with Gasteiger partial charge in [0.05, 0.1) is 30.5 Å². The quantitative estimate of drug-likeness (QED) is 0.118. The Morgan fingerprint density at radius 1 is 0.698 bits per heavy atom.